The van der Waals surface area contributed by atoms with Gasteiger partial charge in [0.2, 0.25) is 0 Å². The maximum absolute atomic E-state index is 11.4. The first kappa shape index (κ1) is 18.1. The number of rotatable bonds is 7. The lowest BCUT2D eigenvalue weighted by atomic mass is 9.90. The molecular weight excluding hydrogens is 342 g/mol. The molecule has 26 heavy (non-hydrogen) atoms. The van der Waals surface area contributed by atoms with Gasteiger partial charge in [0.1, 0.15) is 12.1 Å². The molecule has 0 aliphatic heterocycles. The second-order valence-corrected chi connectivity index (χ2v) is 6.80. The molecule has 3 rings (SSSR count). The molecule has 0 saturated carbocycles. The third kappa shape index (κ3) is 4.29. The Balaban J connectivity index is 2.01. The maximum Gasteiger partial charge on any atom is 0.134 e. The van der Waals surface area contributed by atoms with Gasteiger partial charge in [-0.25, -0.2) is 9.97 Å². The van der Waals surface area contributed by atoms with Crippen LogP contribution in [-0.4, -0.2) is 22.5 Å². The molecule has 1 N–H and O–H groups in total. The summed E-state index contributed by atoms with van der Waals surface area (Å²) in [5, 5.41) is 4.35. The average molecular weight is 363 g/mol. The maximum atomic E-state index is 11.4. The van der Waals surface area contributed by atoms with E-state index in [0.29, 0.717) is 6.42 Å². The number of aryl methyl sites for hydroxylation is 1. The lowest BCUT2D eigenvalue weighted by molar-refractivity contribution is -0.108. The molecule has 0 aliphatic rings. The number of pyridine rings is 2. The fourth-order valence-electron chi connectivity index (χ4n) is 2.86. The summed E-state index contributed by atoms with van der Waals surface area (Å²) >= 11 is 1.60. The smallest absolute Gasteiger partial charge is 0.134 e. The van der Waals surface area contributed by atoms with Gasteiger partial charge in [0.05, 0.1) is 5.03 Å². The van der Waals surface area contributed by atoms with Crippen molar-refractivity contribution in [1.29, 1.82) is 0 Å². The molecule has 5 heteroatoms. The van der Waals surface area contributed by atoms with Crippen LogP contribution in [0.1, 0.15) is 29.2 Å². The topological polar surface area (TPSA) is 54.9 Å². The highest BCUT2D eigenvalue weighted by Gasteiger charge is 2.19. The van der Waals surface area contributed by atoms with Crippen LogP contribution < -0.4 is 5.32 Å². The van der Waals surface area contributed by atoms with Crippen LogP contribution in [0.3, 0.4) is 0 Å². The van der Waals surface area contributed by atoms with Crippen molar-refractivity contribution in [1.82, 2.24) is 9.97 Å². The zero-order chi connectivity index (χ0) is 18.4. The number of nitrogens with one attached hydrogen (secondary N) is 1. The van der Waals surface area contributed by atoms with Crippen LogP contribution in [0.15, 0.2) is 65.8 Å². The second-order valence-electron chi connectivity index (χ2n) is 5.97. The van der Waals surface area contributed by atoms with Crippen molar-refractivity contribution in [3.05, 3.63) is 77.6 Å². The summed E-state index contributed by atoms with van der Waals surface area (Å²) in [6.45, 7) is 1.96. The summed E-state index contributed by atoms with van der Waals surface area (Å²) in [7, 11) is 0. The molecule has 132 valence electrons. The van der Waals surface area contributed by atoms with Crippen LogP contribution in [-0.2, 0) is 4.79 Å². The second kappa shape index (κ2) is 8.63. The van der Waals surface area contributed by atoms with Crippen LogP contribution in [0.25, 0.3) is 0 Å². The van der Waals surface area contributed by atoms with Gasteiger partial charge >= 0.3 is 0 Å². The van der Waals surface area contributed by atoms with E-state index < -0.39 is 0 Å². The number of thioether (sulfide) groups is 1. The first-order valence-corrected chi connectivity index (χ1v) is 9.67. The van der Waals surface area contributed by atoms with Crippen molar-refractivity contribution in [3.8, 4) is 0 Å². The van der Waals surface area contributed by atoms with Gasteiger partial charge in [0.15, 0.2) is 0 Å². The molecule has 2 heterocycles. The fraction of sp³-hybridized carbons (Fsp3) is 0.190. The van der Waals surface area contributed by atoms with Crippen molar-refractivity contribution in [2.45, 2.75) is 24.3 Å². The number of anilines is 2. The molecule has 3 aromatic rings. The predicted molar refractivity (Wildman–Crippen MR) is 107 cm³/mol. The van der Waals surface area contributed by atoms with Gasteiger partial charge in [-0.3, -0.25) is 0 Å². The Morgan fingerprint density at radius 1 is 1.12 bits per heavy atom. The van der Waals surface area contributed by atoms with Crippen LogP contribution in [0.4, 0.5) is 11.5 Å². The molecule has 0 saturated heterocycles. The first-order chi connectivity index (χ1) is 12.7. The summed E-state index contributed by atoms with van der Waals surface area (Å²) in [5.74, 6) is 0.687. The molecule has 0 fully saturated rings. The van der Waals surface area contributed by atoms with E-state index in [1.165, 1.54) is 0 Å². The van der Waals surface area contributed by atoms with Gasteiger partial charge in [0.25, 0.3) is 0 Å². The molecule has 0 aliphatic carbocycles. The lowest BCUT2D eigenvalue weighted by Crippen LogP contribution is -2.08. The number of para-hydroxylation sites is 1. The monoisotopic (exact) mass is 363 g/mol. The minimum atomic E-state index is -0.0878. The largest absolute Gasteiger partial charge is 0.340 e. The third-order valence-corrected chi connectivity index (χ3v) is 4.84. The van der Waals surface area contributed by atoms with Crippen LogP contribution in [0, 0.1) is 6.92 Å². The Morgan fingerprint density at radius 3 is 2.58 bits per heavy atom. The fourth-order valence-corrected chi connectivity index (χ4v) is 3.23. The highest BCUT2D eigenvalue weighted by molar-refractivity contribution is 7.98. The molecule has 4 nitrogen and oxygen atoms in total. The number of aldehydes is 1. The van der Waals surface area contributed by atoms with Crippen LogP contribution in [0.5, 0.6) is 0 Å². The molecule has 2 aromatic heterocycles. The highest BCUT2D eigenvalue weighted by atomic mass is 32.2. The summed E-state index contributed by atoms with van der Waals surface area (Å²) in [6.07, 6.45) is 5.19. The van der Waals surface area contributed by atoms with E-state index in [2.05, 4.69) is 15.3 Å². The summed E-state index contributed by atoms with van der Waals surface area (Å²) in [5.41, 5.74) is 3.89. The standard InChI is InChI=1S/C21H21N3OS/c1-15-8-10-19(21(23-15)24-17-6-4-3-5-7-17)18(12-13-25)16-9-11-20(26-2)22-14-16/h3-11,13-14,18H,12H2,1-2H3,(H,23,24). The number of aromatic nitrogens is 2. The van der Waals surface area contributed by atoms with E-state index in [4.69, 9.17) is 0 Å². The van der Waals surface area contributed by atoms with E-state index in [0.717, 1.165) is 39.6 Å². The van der Waals surface area contributed by atoms with E-state index in [-0.39, 0.29) is 5.92 Å². The average Bonchev–Trinajstić information content (AvgIpc) is 2.68. The predicted octanol–water partition coefficient (Wildman–Crippen LogP) is 4.97. The quantitative estimate of drug-likeness (QED) is 0.474. The number of carbonyl (C=O) groups excluding carboxylic acids is 1. The number of hydrogen-bond acceptors (Lipinski definition) is 5. The normalized spacial score (nSPS) is 11.8. The first-order valence-electron chi connectivity index (χ1n) is 8.44. The van der Waals surface area contributed by atoms with E-state index in [1.807, 2.05) is 74.0 Å². The van der Waals surface area contributed by atoms with Crippen molar-refractivity contribution in [2.75, 3.05) is 11.6 Å². The highest BCUT2D eigenvalue weighted by Crippen LogP contribution is 2.33. The van der Waals surface area contributed by atoms with Gasteiger partial charge in [0, 0.05) is 35.5 Å². The van der Waals surface area contributed by atoms with Gasteiger partial charge in [-0.15, -0.1) is 11.8 Å². The summed E-state index contributed by atoms with van der Waals surface area (Å²) in [4.78, 5) is 20.5. The SMILES string of the molecule is CSc1ccc(C(CC=O)c2ccc(C)nc2Nc2ccccc2)cn1. The Labute approximate surface area is 158 Å². The molecule has 0 radical (unpaired) electrons. The number of carbonyl (C=O) groups is 1. The lowest BCUT2D eigenvalue weighted by Gasteiger charge is -2.20. The molecule has 1 atom stereocenters. The van der Waals surface area contributed by atoms with Crippen molar-refractivity contribution >= 4 is 29.6 Å². The van der Waals surface area contributed by atoms with Crippen molar-refractivity contribution < 1.29 is 4.79 Å². The summed E-state index contributed by atoms with van der Waals surface area (Å²) in [6, 6.07) is 18.0. The molecular formula is C21H21N3OS. The third-order valence-electron chi connectivity index (χ3n) is 4.18. The zero-order valence-corrected chi connectivity index (χ0v) is 15.7. The van der Waals surface area contributed by atoms with E-state index in [9.17, 15) is 4.79 Å². The minimum absolute atomic E-state index is 0.0878. The molecule has 1 unspecified atom stereocenters. The number of nitrogens with zero attached hydrogens (tertiary/aromatic N) is 2. The molecule has 0 bridgehead atoms. The van der Waals surface area contributed by atoms with Gasteiger partial charge in [-0.1, -0.05) is 30.3 Å². The van der Waals surface area contributed by atoms with Crippen LogP contribution >= 0.6 is 11.8 Å². The molecule has 0 spiro atoms. The Kier molecular flexibility index (Phi) is 6.02. The minimum Gasteiger partial charge on any atom is -0.340 e. The van der Waals surface area contributed by atoms with Gasteiger partial charge in [-0.2, -0.15) is 0 Å². The van der Waals surface area contributed by atoms with Gasteiger partial charge < -0.3 is 10.1 Å². The molecule has 0 amide bonds. The number of hydrogen-bond donors (Lipinski definition) is 1. The Morgan fingerprint density at radius 2 is 1.92 bits per heavy atom. The van der Waals surface area contributed by atoms with Crippen molar-refractivity contribution in [3.63, 3.8) is 0 Å². The van der Waals surface area contributed by atoms with E-state index >= 15 is 0 Å². The molecule has 1 aromatic carbocycles. The Bertz CT molecular complexity index is 866. The zero-order valence-electron chi connectivity index (χ0n) is 14.8. The van der Waals surface area contributed by atoms with E-state index in [1.54, 1.807) is 11.8 Å². The Hall–Kier alpha value is -2.66. The van der Waals surface area contributed by atoms with Crippen molar-refractivity contribution in [2.24, 2.45) is 0 Å². The summed E-state index contributed by atoms with van der Waals surface area (Å²) < 4.78 is 0. The number of benzene rings is 1. The van der Waals surface area contributed by atoms with Gasteiger partial charge in [-0.05, 0) is 43.0 Å². The van der Waals surface area contributed by atoms with Crippen LogP contribution in [0.2, 0.25) is 0 Å².